The molecule has 7 nitrogen and oxygen atoms in total. The van der Waals surface area contributed by atoms with Crippen LogP contribution in [-0.4, -0.2) is 51.4 Å². The second-order valence-corrected chi connectivity index (χ2v) is 10.6. The summed E-state index contributed by atoms with van der Waals surface area (Å²) in [5.74, 6) is 3.06. The number of hydrogen-bond donors (Lipinski definition) is 2. The smallest absolute Gasteiger partial charge is 0.273 e. The van der Waals surface area contributed by atoms with Crippen LogP contribution in [-0.2, 0) is 4.79 Å². The van der Waals surface area contributed by atoms with Gasteiger partial charge in [-0.1, -0.05) is 6.07 Å². The Morgan fingerprint density at radius 3 is 3.00 bits per heavy atom. The number of hydrogen-bond acceptors (Lipinski definition) is 4. The average molecular weight is 423 g/mol. The molecule has 1 spiro atoms. The summed E-state index contributed by atoms with van der Waals surface area (Å²) in [5.41, 5.74) is 1.79. The molecular formula is C24H30N4O3. The first-order chi connectivity index (χ1) is 14.9. The van der Waals surface area contributed by atoms with E-state index in [1.807, 2.05) is 18.2 Å². The number of rotatable bonds is 6. The summed E-state index contributed by atoms with van der Waals surface area (Å²) >= 11 is 0. The molecular weight excluding hydrogens is 392 g/mol. The van der Waals surface area contributed by atoms with Crippen LogP contribution in [0.15, 0.2) is 24.4 Å². The first kappa shape index (κ1) is 19.3. The average Bonchev–Trinajstić information content (AvgIpc) is 3.02. The van der Waals surface area contributed by atoms with Crippen LogP contribution in [0.3, 0.4) is 0 Å². The third kappa shape index (κ3) is 2.85. The first-order valence-corrected chi connectivity index (χ1v) is 11.6. The molecule has 2 bridgehead atoms. The second kappa shape index (κ2) is 6.55. The van der Waals surface area contributed by atoms with Crippen molar-refractivity contribution in [2.75, 3.05) is 25.5 Å². The summed E-state index contributed by atoms with van der Waals surface area (Å²) in [6, 6.07) is 5.52. The Bertz CT molecular complexity index is 1080. The van der Waals surface area contributed by atoms with Crippen molar-refractivity contribution in [1.82, 2.24) is 14.3 Å². The van der Waals surface area contributed by atoms with Crippen LogP contribution in [0.2, 0.25) is 0 Å². The molecule has 4 saturated carbocycles. The number of pyridine rings is 1. The van der Waals surface area contributed by atoms with Crippen LogP contribution in [0.5, 0.6) is 0 Å². The number of nitrogens with zero attached hydrogens (tertiary/aromatic N) is 3. The van der Waals surface area contributed by atoms with Gasteiger partial charge in [-0.25, -0.2) is 4.98 Å². The van der Waals surface area contributed by atoms with E-state index in [9.17, 15) is 9.59 Å². The normalized spacial score (nSPS) is 34.6. The topological polar surface area (TPSA) is 86.9 Å². The maximum Gasteiger partial charge on any atom is 0.273 e. The largest absolute Gasteiger partial charge is 0.395 e. The second-order valence-electron chi connectivity index (χ2n) is 10.6. The molecule has 5 atom stereocenters. The van der Waals surface area contributed by atoms with Crippen LogP contribution in [0.1, 0.15) is 55.4 Å². The highest BCUT2D eigenvalue weighted by Gasteiger charge is 2.72. The van der Waals surface area contributed by atoms with Gasteiger partial charge in [0.25, 0.3) is 5.91 Å². The minimum Gasteiger partial charge on any atom is -0.395 e. The predicted molar refractivity (Wildman–Crippen MR) is 116 cm³/mol. The van der Waals surface area contributed by atoms with Crippen LogP contribution in [0.4, 0.5) is 5.82 Å². The van der Waals surface area contributed by atoms with Gasteiger partial charge in [-0.3, -0.25) is 14.0 Å². The van der Waals surface area contributed by atoms with E-state index in [4.69, 9.17) is 5.11 Å². The predicted octanol–water partition coefficient (Wildman–Crippen LogP) is 2.94. The minimum absolute atomic E-state index is 0.0691. The summed E-state index contributed by atoms with van der Waals surface area (Å²) in [6.45, 7) is 0.158. The monoisotopic (exact) mass is 422 g/mol. The van der Waals surface area contributed by atoms with E-state index in [0.717, 1.165) is 17.8 Å². The molecule has 6 rings (SSSR count). The molecule has 2 amide bonds. The standard InChI is InChI=1S/C24H30N4O3/c1-27(7-8-29)22(31)18-14-28-19(25-18)3-2-4-20(28)26-21(30)13-23-9-15-5-6-24(17(15)12-23)11-16(24)10-23/h2-4,14-17,29H,5-13H2,1H3,(H,26,30). The number of carbonyl (C=O) groups excluding carboxylic acids is 2. The fourth-order valence-corrected chi connectivity index (χ4v) is 7.56. The van der Waals surface area contributed by atoms with Crippen LogP contribution >= 0.6 is 0 Å². The number of nitrogens with one attached hydrogen (secondary N) is 1. The highest BCUT2D eigenvalue weighted by atomic mass is 16.3. The van der Waals surface area contributed by atoms with Gasteiger partial charge >= 0.3 is 0 Å². The van der Waals surface area contributed by atoms with Crippen LogP contribution in [0, 0.1) is 28.6 Å². The van der Waals surface area contributed by atoms with Crippen molar-refractivity contribution in [3.8, 4) is 0 Å². The number of anilines is 1. The molecule has 0 aliphatic heterocycles. The van der Waals surface area contributed by atoms with Crippen LogP contribution in [0.25, 0.3) is 5.65 Å². The Morgan fingerprint density at radius 1 is 1.29 bits per heavy atom. The number of likely N-dealkylation sites (N-methyl/N-ethyl adjacent to an activating group) is 1. The Labute approximate surface area is 181 Å². The lowest BCUT2D eigenvalue weighted by Crippen LogP contribution is -2.31. The molecule has 164 valence electrons. The van der Waals surface area contributed by atoms with Crippen molar-refractivity contribution in [3.63, 3.8) is 0 Å². The Balaban J connectivity index is 1.20. The molecule has 2 heterocycles. The highest BCUT2D eigenvalue weighted by Crippen LogP contribution is 2.80. The Kier molecular flexibility index (Phi) is 4.07. The number of aliphatic hydroxyl groups is 1. The third-order valence-corrected chi connectivity index (χ3v) is 8.89. The molecule has 0 aromatic carbocycles. The molecule has 0 radical (unpaired) electrons. The van der Waals surface area contributed by atoms with Gasteiger partial charge in [0.15, 0.2) is 0 Å². The molecule has 2 N–H and O–H groups in total. The SMILES string of the molecule is CN(CCO)C(=O)c1cn2c(NC(=O)CC34CC5CCC6(CC6C3)C5C4)cccc2n1. The van der Waals surface area contributed by atoms with Crippen molar-refractivity contribution in [2.45, 2.75) is 44.9 Å². The van der Waals surface area contributed by atoms with Gasteiger partial charge in [0, 0.05) is 26.2 Å². The lowest BCUT2D eigenvalue weighted by atomic mass is 9.69. The fourth-order valence-electron chi connectivity index (χ4n) is 7.56. The summed E-state index contributed by atoms with van der Waals surface area (Å²) in [4.78, 5) is 31.5. The molecule has 4 fully saturated rings. The molecule has 4 aliphatic rings. The Morgan fingerprint density at radius 2 is 2.16 bits per heavy atom. The first-order valence-electron chi connectivity index (χ1n) is 11.6. The van der Waals surface area contributed by atoms with E-state index in [1.54, 1.807) is 17.6 Å². The summed E-state index contributed by atoms with van der Waals surface area (Å²) in [6.07, 6.45) is 10.2. The van der Waals surface area contributed by atoms with E-state index >= 15 is 0 Å². The number of aromatic nitrogens is 2. The van der Waals surface area contributed by atoms with Gasteiger partial charge in [0.1, 0.15) is 17.2 Å². The fraction of sp³-hybridized carbons (Fsp3) is 0.625. The maximum atomic E-state index is 13.1. The van der Waals surface area contributed by atoms with E-state index in [-0.39, 0.29) is 30.4 Å². The molecule has 5 unspecified atom stereocenters. The lowest BCUT2D eigenvalue weighted by molar-refractivity contribution is -0.119. The van der Waals surface area contributed by atoms with Crippen molar-refractivity contribution < 1.29 is 14.7 Å². The summed E-state index contributed by atoms with van der Waals surface area (Å²) < 4.78 is 1.77. The van der Waals surface area contributed by atoms with E-state index in [1.165, 1.54) is 43.4 Å². The number of amides is 2. The number of aliphatic hydroxyl groups excluding tert-OH is 1. The summed E-state index contributed by atoms with van der Waals surface area (Å²) in [7, 11) is 1.64. The molecule has 4 aliphatic carbocycles. The molecule has 0 saturated heterocycles. The van der Waals surface area contributed by atoms with Gasteiger partial charge < -0.3 is 15.3 Å². The number of carbonyl (C=O) groups is 2. The zero-order valence-electron chi connectivity index (χ0n) is 18.0. The zero-order valence-corrected chi connectivity index (χ0v) is 18.0. The third-order valence-electron chi connectivity index (χ3n) is 8.89. The van der Waals surface area contributed by atoms with Gasteiger partial charge in [-0.05, 0) is 79.2 Å². The lowest BCUT2D eigenvalue weighted by Gasteiger charge is -2.36. The van der Waals surface area contributed by atoms with Crippen LogP contribution < -0.4 is 5.32 Å². The van der Waals surface area contributed by atoms with Crippen molar-refractivity contribution in [1.29, 1.82) is 0 Å². The molecule has 2 aromatic heterocycles. The summed E-state index contributed by atoms with van der Waals surface area (Å²) in [5, 5.41) is 12.2. The molecule has 2 aromatic rings. The maximum absolute atomic E-state index is 13.1. The quantitative estimate of drug-likeness (QED) is 0.749. The number of imidazole rings is 1. The van der Waals surface area contributed by atoms with E-state index in [0.29, 0.717) is 29.0 Å². The number of fused-ring (bicyclic) bond motifs is 2. The minimum atomic E-state index is -0.249. The Hall–Kier alpha value is -2.41. The van der Waals surface area contributed by atoms with E-state index in [2.05, 4.69) is 10.3 Å². The van der Waals surface area contributed by atoms with Crippen molar-refractivity contribution in [3.05, 3.63) is 30.1 Å². The van der Waals surface area contributed by atoms with Gasteiger partial charge in [-0.2, -0.15) is 0 Å². The zero-order chi connectivity index (χ0) is 21.4. The van der Waals surface area contributed by atoms with Gasteiger partial charge in [0.05, 0.1) is 6.61 Å². The molecule has 31 heavy (non-hydrogen) atoms. The molecule has 7 heteroatoms. The van der Waals surface area contributed by atoms with Gasteiger partial charge in [-0.15, -0.1) is 0 Å². The van der Waals surface area contributed by atoms with E-state index < -0.39 is 0 Å². The van der Waals surface area contributed by atoms with Gasteiger partial charge in [0.2, 0.25) is 5.91 Å². The van der Waals surface area contributed by atoms with Crippen molar-refractivity contribution in [2.24, 2.45) is 28.6 Å². The highest BCUT2D eigenvalue weighted by molar-refractivity contribution is 5.94. The van der Waals surface area contributed by atoms with Crippen molar-refractivity contribution >= 4 is 23.3 Å².